The molecule has 1 heterocycles. The molecule has 0 bridgehead atoms. The number of hydrogen-bond acceptors (Lipinski definition) is 5. The molecule has 0 radical (unpaired) electrons. The van der Waals surface area contributed by atoms with E-state index < -0.39 is 11.9 Å². The van der Waals surface area contributed by atoms with Gasteiger partial charge in [-0.05, 0) is 55.5 Å². The molecule has 6 heteroatoms. The van der Waals surface area contributed by atoms with Crippen molar-refractivity contribution in [1.82, 2.24) is 4.98 Å². The summed E-state index contributed by atoms with van der Waals surface area (Å²) in [6, 6.07) is 7.76. The first-order chi connectivity index (χ1) is 11.6. The molecule has 24 heavy (non-hydrogen) atoms. The van der Waals surface area contributed by atoms with Crippen LogP contribution in [0, 0.1) is 0 Å². The zero-order valence-electron chi connectivity index (χ0n) is 13.2. The van der Waals surface area contributed by atoms with Crippen LogP contribution in [-0.4, -0.2) is 29.1 Å². The van der Waals surface area contributed by atoms with Crippen molar-refractivity contribution >= 4 is 11.9 Å². The standard InChI is InChI=1S/C18H17NO5/c1-23-16-9-7-12(10-13(16)17(20)21)24-18(22)15-8-6-11-4-2-3-5-14(11)19-15/h6-10H,2-5H2,1H3,(H,20,21). The van der Waals surface area contributed by atoms with Crippen molar-refractivity contribution in [3.05, 3.63) is 52.8 Å². The molecule has 6 nitrogen and oxygen atoms in total. The Balaban J connectivity index is 1.82. The normalized spacial score (nSPS) is 13.0. The predicted molar refractivity (Wildman–Crippen MR) is 85.8 cm³/mol. The number of rotatable bonds is 4. The minimum absolute atomic E-state index is 0.0683. The average Bonchev–Trinajstić information content (AvgIpc) is 2.61. The van der Waals surface area contributed by atoms with Gasteiger partial charge >= 0.3 is 11.9 Å². The van der Waals surface area contributed by atoms with Gasteiger partial charge in [-0.3, -0.25) is 0 Å². The van der Waals surface area contributed by atoms with Crippen LogP contribution in [0.1, 0.15) is 44.9 Å². The number of fused-ring (bicyclic) bond motifs is 1. The Kier molecular flexibility index (Phi) is 4.46. The number of nitrogens with zero attached hydrogens (tertiary/aromatic N) is 1. The van der Waals surface area contributed by atoms with Crippen molar-refractivity contribution < 1.29 is 24.2 Å². The van der Waals surface area contributed by atoms with Crippen LogP contribution in [0.25, 0.3) is 0 Å². The van der Waals surface area contributed by atoms with E-state index in [4.69, 9.17) is 9.47 Å². The largest absolute Gasteiger partial charge is 0.496 e. The molecule has 0 amide bonds. The number of esters is 1. The zero-order valence-corrected chi connectivity index (χ0v) is 13.2. The minimum Gasteiger partial charge on any atom is -0.496 e. The maximum Gasteiger partial charge on any atom is 0.362 e. The molecule has 0 atom stereocenters. The lowest BCUT2D eigenvalue weighted by Gasteiger charge is -2.15. The van der Waals surface area contributed by atoms with E-state index in [1.807, 2.05) is 6.07 Å². The SMILES string of the molecule is COc1ccc(OC(=O)c2ccc3c(n2)CCCC3)cc1C(=O)O. The van der Waals surface area contributed by atoms with Crippen molar-refractivity contribution in [2.24, 2.45) is 0 Å². The molecule has 1 N–H and O–H groups in total. The lowest BCUT2D eigenvalue weighted by atomic mass is 9.96. The topological polar surface area (TPSA) is 85.7 Å². The maximum atomic E-state index is 12.3. The third-order valence-corrected chi connectivity index (χ3v) is 4.00. The van der Waals surface area contributed by atoms with Gasteiger partial charge in [-0.15, -0.1) is 0 Å². The van der Waals surface area contributed by atoms with E-state index in [0.29, 0.717) is 0 Å². The highest BCUT2D eigenvalue weighted by atomic mass is 16.5. The fourth-order valence-corrected chi connectivity index (χ4v) is 2.77. The summed E-state index contributed by atoms with van der Waals surface area (Å²) in [5, 5.41) is 9.17. The summed E-state index contributed by atoms with van der Waals surface area (Å²) in [7, 11) is 1.38. The number of benzene rings is 1. The Hall–Kier alpha value is -2.89. The fraction of sp³-hybridized carbons (Fsp3) is 0.278. The van der Waals surface area contributed by atoms with E-state index >= 15 is 0 Å². The van der Waals surface area contributed by atoms with E-state index in [1.54, 1.807) is 6.07 Å². The number of methoxy groups -OCH3 is 1. The molecule has 0 saturated carbocycles. The molecule has 0 fully saturated rings. The molecule has 0 saturated heterocycles. The van der Waals surface area contributed by atoms with E-state index in [1.165, 1.54) is 30.9 Å². The highest BCUT2D eigenvalue weighted by molar-refractivity contribution is 5.92. The summed E-state index contributed by atoms with van der Waals surface area (Å²) < 4.78 is 10.2. The number of carboxylic acids is 1. The molecule has 3 rings (SSSR count). The van der Waals surface area contributed by atoms with Gasteiger partial charge in [0.25, 0.3) is 0 Å². The van der Waals surface area contributed by atoms with Crippen molar-refractivity contribution in [2.45, 2.75) is 25.7 Å². The monoisotopic (exact) mass is 327 g/mol. The molecule has 124 valence electrons. The first-order valence-electron chi connectivity index (χ1n) is 7.71. The molecule has 1 aromatic heterocycles. The van der Waals surface area contributed by atoms with Gasteiger partial charge in [0.2, 0.25) is 0 Å². The third kappa shape index (κ3) is 3.22. The molecular weight excluding hydrogens is 310 g/mol. The van der Waals surface area contributed by atoms with Crippen LogP contribution in [0.5, 0.6) is 11.5 Å². The van der Waals surface area contributed by atoms with Crippen LogP contribution in [-0.2, 0) is 12.8 Å². The molecule has 1 aliphatic carbocycles. The van der Waals surface area contributed by atoms with Crippen molar-refractivity contribution in [1.29, 1.82) is 0 Å². The highest BCUT2D eigenvalue weighted by Gasteiger charge is 2.18. The molecule has 0 aliphatic heterocycles. The lowest BCUT2D eigenvalue weighted by molar-refractivity contribution is 0.0683. The summed E-state index contributed by atoms with van der Waals surface area (Å²) in [5.74, 6) is -1.42. The number of hydrogen-bond donors (Lipinski definition) is 1. The lowest BCUT2D eigenvalue weighted by Crippen LogP contribution is -2.14. The van der Waals surface area contributed by atoms with E-state index in [2.05, 4.69) is 4.98 Å². The van der Waals surface area contributed by atoms with Crippen LogP contribution in [0.15, 0.2) is 30.3 Å². The summed E-state index contributed by atoms with van der Waals surface area (Å²) in [6.45, 7) is 0. The minimum atomic E-state index is -1.16. The Morgan fingerprint density at radius 2 is 1.92 bits per heavy atom. The van der Waals surface area contributed by atoms with E-state index in [9.17, 15) is 14.7 Å². The summed E-state index contributed by atoms with van der Waals surface area (Å²) >= 11 is 0. The molecule has 1 aliphatic rings. The second-order valence-electron chi connectivity index (χ2n) is 5.57. The van der Waals surface area contributed by atoms with Crippen LogP contribution < -0.4 is 9.47 Å². The fourth-order valence-electron chi connectivity index (χ4n) is 2.77. The van der Waals surface area contributed by atoms with Gasteiger partial charge in [0.1, 0.15) is 22.8 Å². The number of carbonyl (C=O) groups is 2. The number of carboxylic acid groups (broad SMARTS) is 1. The van der Waals surface area contributed by atoms with Crippen LogP contribution >= 0.6 is 0 Å². The highest BCUT2D eigenvalue weighted by Crippen LogP contribution is 2.25. The zero-order chi connectivity index (χ0) is 17.1. The summed E-state index contributed by atoms with van der Waals surface area (Å²) in [6.07, 6.45) is 4.06. The van der Waals surface area contributed by atoms with Crippen LogP contribution in [0.4, 0.5) is 0 Å². The second kappa shape index (κ2) is 6.70. The Bertz CT molecular complexity index is 800. The van der Waals surface area contributed by atoms with Gasteiger partial charge in [-0.1, -0.05) is 6.07 Å². The van der Waals surface area contributed by atoms with Crippen molar-refractivity contribution in [3.8, 4) is 11.5 Å². The van der Waals surface area contributed by atoms with Crippen molar-refractivity contribution in [3.63, 3.8) is 0 Å². The second-order valence-corrected chi connectivity index (χ2v) is 5.57. The molecule has 0 spiro atoms. The number of aromatic nitrogens is 1. The summed E-state index contributed by atoms with van der Waals surface area (Å²) in [4.78, 5) is 27.9. The third-order valence-electron chi connectivity index (χ3n) is 4.00. The van der Waals surface area contributed by atoms with E-state index in [0.717, 1.165) is 31.4 Å². The van der Waals surface area contributed by atoms with Crippen molar-refractivity contribution in [2.75, 3.05) is 7.11 Å². The Morgan fingerprint density at radius 1 is 1.12 bits per heavy atom. The number of aryl methyl sites for hydroxylation is 2. The first-order valence-corrected chi connectivity index (χ1v) is 7.71. The van der Waals surface area contributed by atoms with Crippen LogP contribution in [0.3, 0.4) is 0 Å². The number of pyridine rings is 1. The van der Waals surface area contributed by atoms with E-state index in [-0.39, 0.29) is 22.8 Å². The molecular formula is C18H17NO5. The number of ether oxygens (including phenoxy) is 2. The summed E-state index contributed by atoms with van der Waals surface area (Å²) in [5.41, 5.74) is 2.27. The number of aromatic carboxylic acids is 1. The maximum absolute atomic E-state index is 12.3. The number of carbonyl (C=O) groups excluding carboxylic acids is 1. The molecule has 0 unspecified atom stereocenters. The van der Waals surface area contributed by atoms with Gasteiger partial charge in [0.15, 0.2) is 0 Å². The van der Waals surface area contributed by atoms with Gasteiger partial charge < -0.3 is 14.6 Å². The smallest absolute Gasteiger partial charge is 0.362 e. The van der Waals surface area contributed by atoms with Gasteiger partial charge in [0.05, 0.1) is 7.11 Å². The predicted octanol–water partition coefficient (Wildman–Crippen LogP) is 2.89. The quantitative estimate of drug-likeness (QED) is 0.686. The Labute approximate surface area is 139 Å². The average molecular weight is 327 g/mol. The Morgan fingerprint density at radius 3 is 2.67 bits per heavy atom. The molecule has 2 aromatic rings. The molecule has 1 aromatic carbocycles. The van der Waals surface area contributed by atoms with Gasteiger partial charge in [0, 0.05) is 5.69 Å². The van der Waals surface area contributed by atoms with Gasteiger partial charge in [-0.2, -0.15) is 0 Å². The first kappa shape index (κ1) is 16.0. The van der Waals surface area contributed by atoms with Crippen LogP contribution in [0.2, 0.25) is 0 Å². The van der Waals surface area contributed by atoms with Gasteiger partial charge in [-0.25, -0.2) is 14.6 Å².